The number of nitrogens with one attached hydrogen (secondary N) is 1. The minimum Gasteiger partial charge on any atom is -0.383 e. The highest BCUT2D eigenvalue weighted by atomic mass is 16.5. The summed E-state index contributed by atoms with van der Waals surface area (Å²) < 4.78 is 6.67. The summed E-state index contributed by atoms with van der Waals surface area (Å²) in [5, 5.41) is 2.72. The van der Waals surface area contributed by atoms with Gasteiger partial charge in [0.15, 0.2) is 0 Å². The molecule has 94 valence electrons. The first-order valence-corrected chi connectivity index (χ1v) is 5.68. The molecule has 0 radical (unpaired) electrons. The van der Waals surface area contributed by atoms with Gasteiger partial charge in [0, 0.05) is 25.5 Å². The van der Waals surface area contributed by atoms with Crippen LogP contribution < -0.4 is 5.32 Å². The van der Waals surface area contributed by atoms with Crippen molar-refractivity contribution in [3.8, 4) is 5.69 Å². The largest absolute Gasteiger partial charge is 0.383 e. The predicted octanol–water partition coefficient (Wildman–Crippen LogP) is 1.25. The van der Waals surface area contributed by atoms with Gasteiger partial charge in [-0.3, -0.25) is 4.79 Å². The number of methoxy groups -OCH3 is 1. The van der Waals surface area contributed by atoms with Crippen molar-refractivity contribution < 1.29 is 9.53 Å². The fourth-order valence-corrected chi connectivity index (χ4v) is 1.54. The number of aromatic nitrogens is 2. The first kappa shape index (κ1) is 12.3. The van der Waals surface area contributed by atoms with E-state index in [0.29, 0.717) is 18.8 Å². The Morgan fingerprint density at radius 2 is 2.17 bits per heavy atom. The quantitative estimate of drug-likeness (QED) is 0.806. The Morgan fingerprint density at radius 1 is 1.39 bits per heavy atom. The average molecular weight is 245 g/mol. The number of hydrogen-bond donors (Lipinski definition) is 1. The third kappa shape index (κ3) is 2.95. The maximum absolute atomic E-state index is 11.7. The predicted molar refractivity (Wildman–Crippen MR) is 67.8 cm³/mol. The second-order valence-corrected chi connectivity index (χ2v) is 3.75. The van der Waals surface area contributed by atoms with Crippen LogP contribution in [0.15, 0.2) is 42.9 Å². The molecule has 2 rings (SSSR count). The summed E-state index contributed by atoms with van der Waals surface area (Å²) in [4.78, 5) is 15.8. The zero-order valence-electron chi connectivity index (χ0n) is 10.2. The number of amides is 1. The molecular weight excluding hydrogens is 230 g/mol. The Labute approximate surface area is 105 Å². The van der Waals surface area contributed by atoms with Crippen molar-refractivity contribution >= 4 is 5.91 Å². The van der Waals surface area contributed by atoms with Gasteiger partial charge in [0.25, 0.3) is 5.91 Å². The van der Waals surface area contributed by atoms with Gasteiger partial charge < -0.3 is 14.6 Å². The van der Waals surface area contributed by atoms with Crippen LogP contribution in [0.5, 0.6) is 0 Å². The van der Waals surface area contributed by atoms with Crippen molar-refractivity contribution in [2.24, 2.45) is 0 Å². The van der Waals surface area contributed by atoms with E-state index in [1.807, 2.05) is 34.9 Å². The number of para-hydroxylation sites is 1. The molecule has 0 aliphatic carbocycles. The maximum atomic E-state index is 11.7. The summed E-state index contributed by atoms with van der Waals surface area (Å²) in [5.41, 5.74) is 1.37. The van der Waals surface area contributed by atoms with Crippen molar-refractivity contribution in [1.29, 1.82) is 0 Å². The molecule has 0 aliphatic heterocycles. The Hall–Kier alpha value is -2.14. The van der Waals surface area contributed by atoms with E-state index in [1.165, 1.54) is 0 Å². The fraction of sp³-hybridized carbons (Fsp3) is 0.231. The fourth-order valence-electron chi connectivity index (χ4n) is 1.54. The molecule has 0 bridgehead atoms. The molecule has 5 heteroatoms. The number of rotatable bonds is 5. The third-order valence-electron chi connectivity index (χ3n) is 2.46. The zero-order valence-corrected chi connectivity index (χ0v) is 10.2. The van der Waals surface area contributed by atoms with Gasteiger partial charge in [-0.2, -0.15) is 0 Å². The zero-order chi connectivity index (χ0) is 12.8. The molecule has 1 aromatic carbocycles. The lowest BCUT2D eigenvalue weighted by Crippen LogP contribution is -2.27. The van der Waals surface area contributed by atoms with Gasteiger partial charge in [0.2, 0.25) is 0 Å². The highest BCUT2D eigenvalue weighted by Crippen LogP contribution is 2.07. The van der Waals surface area contributed by atoms with Crippen LogP contribution in [0, 0.1) is 0 Å². The summed E-state index contributed by atoms with van der Waals surface area (Å²) in [7, 11) is 1.59. The van der Waals surface area contributed by atoms with Crippen LogP contribution in [0.25, 0.3) is 5.69 Å². The Balaban J connectivity index is 2.04. The molecule has 0 unspecified atom stereocenters. The van der Waals surface area contributed by atoms with Crippen molar-refractivity contribution in [1.82, 2.24) is 14.9 Å². The number of benzene rings is 1. The SMILES string of the molecule is COCCNC(=O)c1cn(-c2ccccc2)cn1. The molecule has 0 aliphatic rings. The van der Waals surface area contributed by atoms with Crippen molar-refractivity contribution in [3.63, 3.8) is 0 Å². The monoisotopic (exact) mass is 245 g/mol. The molecule has 2 aromatic rings. The number of nitrogens with zero attached hydrogens (tertiary/aromatic N) is 2. The van der Waals surface area contributed by atoms with Crippen LogP contribution in [-0.2, 0) is 4.74 Å². The van der Waals surface area contributed by atoms with Gasteiger partial charge in [-0.25, -0.2) is 4.98 Å². The molecule has 0 fully saturated rings. The summed E-state index contributed by atoms with van der Waals surface area (Å²) in [6.07, 6.45) is 3.33. The molecule has 1 heterocycles. The lowest BCUT2D eigenvalue weighted by Gasteiger charge is -2.01. The standard InChI is InChI=1S/C13H15N3O2/c1-18-8-7-14-13(17)12-9-16(10-15-12)11-5-3-2-4-6-11/h2-6,9-10H,7-8H2,1H3,(H,14,17). The van der Waals surface area contributed by atoms with Crippen LogP contribution in [0.2, 0.25) is 0 Å². The minimum atomic E-state index is -0.193. The number of carbonyl (C=O) groups excluding carboxylic acids is 1. The van der Waals surface area contributed by atoms with Gasteiger partial charge in [0.05, 0.1) is 6.61 Å². The average Bonchev–Trinajstić information content (AvgIpc) is 2.89. The van der Waals surface area contributed by atoms with E-state index in [2.05, 4.69) is 10.3 Å². The van der Waals surface area contributed by atoms with Gasteiger partial charge >= 0.3 is 0 Å². The van der Waals surface area contributed by atoms with Crippen LogP contribution in [-0.4, -0.2) is 35.7 Å². The molecule has 0 spiro atoms. The van der Waals surface area contributed by atoms with Gasteiger partial charge in [-0.15, -0.1) is 0 Å². The maximum Gasteiger partial charge on any atom is 0.271 e. The molecule has 1 aromatic heterocycles. The molecule has 18 heavy (non-hydrogen) atoms. The minimum absolute atomic E-state index is 0.193. The van der Waals surface area contributed by atoms with Crippen LogP contribution in [0.3, 0.4) is 0 Å². The van der Waals surface area contributed by atoms with E-state index in [1.54, 1.807) is 19.6 Å². The van der Waals surface area contributed by atoms with E-state index >= 15 is 0 Å². The van der Waals surface area contributed by atoms with E-state index in [-0.39, 0.29) is 5.91 Å². The second kappa shape index (κ2) is 5.97. The first-order valence-electron chi connectivity index (χ1n) is 5.68. The lowest BCUT2D eigenvalue weighted by molar-refractivity contribution is 0.0932. The number of hydrogen-bond acceptors (Lipinski definition) is 3. The summed E-state index contributed by atoms with van der Waals surface area (Å²) in [6.45, 7) is 0.971. The highest BCUT2D eigenvalue weighted by molar-refractivity contribution is 5.92. The Bertz CT molecular complexity index is 508. The van der Waals surface area contributed by atoms with Crippen molar-refractivity contribution in [3.05, 3.63) is 48.5 Å². The first-order chi connectivity index (χ1) is 8.81. The van der Waals surface area contributed by atoms with Crippen LogP contribution >= 0.6 is 0 Å². The van der Waals surface area contributed by atoms with Crippen LogP contribution in [0.4, 0.5) is 0 Å². The second-order valence-electron chi connectivity index (χ2n) is 3.75. The van der Waals surface area contributed by atoms with Crippen molar-refractivity contribution in [2.75, 3.05) is 20.3 Å². The normalized spacial score (nSPS) is 10.3. The van der Waals surface area contributed by atoms with E-state index < -0.39 is 0 Å². The van der Waals surface area contributed by atoms with E-state index in [9.17, 15) is 4.79 Å². The van der Waals surface area contributed by atoms with Gasteiger partial charge in [0.1, 0.15) is 12.0 Å². The Morgan fingerprint density at radius 3 is 2.89 bits per heavy atom. The molecular formula is C13H15N3O2. The summed E-state index contributed by atoms with van der Waals surface area (Å²) in [5.74, 6) is -0.193. The molecule has 0 saturated heterocycles. The molecule has 5 nitrogen and oxygen atoms in total. The number of imidazole rings is 1. The van der Waals surface area contributed by atoms with Gasteiger partial charge in [-0.05, 0) is 12.1 Å². The topological polar surface area (TPSA) is 56.1 Å². The van der Waals surface area contributed by atoms with Crippen molar-refractivity contribution in [2.45, 2.75) is 0 Å². The third-order valence-corrected chi connectivity index (χ3v) is 2.46. The molecule has 1 amide bonds. The van der Waals surface area contributed by atoms with Gasteiger partial charge in [-0.1, -0.05) is 18.2 Å². The van der Waals surface area contributed by atoms with Crippen LogP contribution in [0.1, 0.15) is 10.5 Å². The summed E-state index contributed by atoms with van der Waals surface area (Å²) in [6, 6.07) is 9.72. The van der Waals surface area contributed by atoms with E-state index in [4.69, 9.17) is 4.74 Å². The Kier molecular flexibility index (Phi) is 4.09. The highest BCUT2D eigenvalue weighted by Gasteiger charge is 2.08. The molecule has 0 atom stereocenters. The molecule has 0 saturated carbocycles. The summed E-state index contributed by atoms with van der Waals surface area (Å²) >= 11 is 0. The number of carbonyl (C=O) groups is 1. The smallest absolute Gasteiger partial charge is 0.271 e. The van der Waals surface area contributed by atoms with E-state index in [0.717, 1.165) is 5.69 Å². The number of ether oxygens (including phenoxy) is 1. The lowest BCUT2D eigenvalue weighted by atomic mass is 10.3. The molecule has 1 N–H and O–H groups in total.